The van der Waals surface area contributed by atoms with Crippen LogP contribution in [0, 0.1) is 5.92 Å². The number of fused-ring (bicyclic) bond motifs is 4. The largest absolute Gasteiger partial charge is 1.00 e. The Morgan fingerprint density at radius 2 is 1.78 bits per heavy atom. The summed E-state index contributed by atoms with van der Waals surface area (Å²) in [7, 11) is 0. The molecule has 1 N–H and O–H groups in total. The van der Waals surface area contributed by atoms with Gasteiger partial charge >= 0.3 is 5.97 Å². The number of hydrogen-bond donors (Lipinski definition) is 1. The smallest absolute Gasteiger partial charge is 0.333 e. The third-order valence-electron chi connectivity index (χ3n) is 8.64. The zero-order valence-electron chi connectivity index (χ0n) is 22.7. The molecule has 3 aromatic carbocycles. The van der Waals surface area contributed by atoms with Crippen LogP contribution in [0.4, 0.5) is 5.69 Å². The van der Waals surface area contributed by atoms with Gasteiger partial charge in [0, 0.05) is 36.4 Å². The second-order valence-corrected chi connectivity index (χ2v) is 11.2. The number of carbonyl (C=O) groups excluding carboxylic acids is 1. The summed E-state index contributed by atoms with van der Waals surface area (Å²) in [6, 6.07) is 25.1. The highest BCUT2D eigenvalue weighted by Gasteiger charge is 2.48. The van der Waals surface area contributed by atoms with Crippen LogP contribution in [0.5, 0.6) is 5.75 Å². The Hall–Kier alpha value is -3.88. The van der Waals surface area contributed by atoms with Crippen molar-refractivity contribution in [1.82, 2.24) is 10.1 Å². The molecule has 8 rings (SSSR count). The number of nitrogens with zero attached hydrogens (tertiary/aromatic N) is 3. The highest BCUT2D eigenvalue weighted by molar-refractivity contribution is 5.81. The van der Waals surface area contributed by atoms with Crippen LogP contribution in [0.1, 0.15) is 35.8 Å². The van der Waals surface area contributed by atoms with Crippen molar-refractivity contribution >= 4 is 11.7 Å². The minimum absolute atomic E-state index is 0. The van der Waals surface area contributed by atoms with Crippen molar-refractivity contribution in [3.8, 4) is 17.2 Å². The lowest BCUT2D eigenvalue weighted by Crippen LogP contribution is -3.00. The number of halogens is 1. The molecular weight excluding hydrogens is 540 g/mol. The van der Waals surface area contributed by atoms with E-state index < -0.39 is 6.04 Å². The Labute approximate surface area is 245 Å². The van der Waals surface area contributed by atoms with Gasteiger partial charge in [-0.3, -0.25) is 0 Å². The van der Waals surface area contributed by atoms with Gasteiger partial charge in [-0.25, -0.2) is 4.79 Å². The van der Waals surface area contributed by atoms with E-state index in [1.54, 1.807) is 0 Å². The maximum Gasteiger partial charge on any atom is 0.333 e. The number of aromatic nitrogens is 2. The highest BCUT2D eigenvalue weighted by atomic mass is 35.5. The summed E-state index contributed by atoms with van der Waals surface area (Å²) >= 11 is 0. The molecule has 5 heterocycles. The van der Waals surface area contributed by atoms with Crippen molar-refractivity contribution in [3.05, 3.63) is 95.8 Å². The minimum atomic E-state index is -0.579. The first-order valence-electron chi connectivity index (χ1n) is 14.1. The van der Waals surface area contributed by atoms with Gasteiger partial charge in [0.25, 0.3) is 5.89 Å². The molecule has 0 spiro atoms. The molecule has 8 nitrogen and oxygen atoms in total. The molecule has 0 saturated carbocycles. The van der Waals surface area contributed by atoms with Gasteiger partial charge in [-0.2, -0.15) is 4.98 Å². The van der Waals surface area contributed by atoms with E-state index in [-0.39, 0.29) is 24.5 Å². The zero-order valence-corrected chi connectivity index (χ0v) is 23.5. The van der Waals surface area contributed by atoms with Gasteiger partial charge in [0.2, 0.25) is 5.82 Å². The molecule has 4 aliphatic rings. The number of carbonyl (C=O) groups is 1. The average Bonchev–Trinajstić information content (AvgIpc) is 3.66. The summed E-state index contributed by atoms with van der Waals surface area (Å²) in [5.74, 6) is 2.31. The fourth-order valence-electron chi connectivity index (χ4n) is 6.47. The Morgan fingerprint density at radius 1 is 1.02 bits per heavy atom. The molecule has 0 amide bonds. The summed E-state index contributed by atoms with van der Waals surface area (Å²) in [5, 5.41) is 7.73. The molecular formula is C32H33ClN4O4. The number of esters is 1. The fraction of sp³-hybridized carbons (Fsp3) is 0.344. The maximum absolute atomic E-state index is 13.7. The second kappa shape index (κ2) is 11.5. The maximum atomic E-state index is 13.7. The number of benzene rings is 3. The van der Waals surface area contributed by atoms with E-state index in [4.69, 9.17) is 19.0 Å². The first-order valence-corrected chi connectivity index (χ1v) is 14.1. The van der Waals surface area contributed by atoms with E-state index >= 15 is 0 Å². The normalized spacial score (nSPS) is 23.1. The van der Waals surface area contributed by atoms with E-state index in [9.17, 15) is 4.79 Å². The molecule has 0 aliphatic carbocycles. The Bertz CT molecular complexity index is 1490. The van der Waals surface area contributed by atoms with Crippen LogP contribution >= 0.6 is 0 Å². The lowest BCUT2D eigenvalue weighted by Gasteiger charge is -2.51. The van der Waals surface area contributed by atoms with E-state index in [1.165, 1.54) is 5.56 Å². The van der Waals surface area contributed by atoms with Crippen molar-refractivity contribution in [1.29, 1.82) is 0 Å². The quantitative estimate of drug-likeness (QED) is 0.256. The number of rotatable bonds is 8. The predicted octanol–water partition coefficient (Wildman–Crippen LogP) is 2.18. The zero-order chi connectivity index (χ0) is 26.9. The lowest BCUT2D eigenvalue weighted by molar-refractivity contribution is -0.958. The van der Waals surface area contributed by atoms with E-state index in [0.29, 0.717) is 24.2 Å². The standard InChI is InChI=1S/C32H33N4O4.ClH/c37-32(30(23-7-3-1-4-8-23)33-26-9-5-2-6-10-26)39-28-20-36(16-13-22(28)14-17-36)21-29-34-31(40-35-29)25-11-12-27-24(19-25)15-18-38-27;/h1-12,19,22,28,30,33H,13-18,20-21H2;1H/q+1;/p-1/t22?,28-,30+,36?;/m0./s1. The second-order valence-electron chi connectivity index (χ2n) is 11.2. The van der Waals surface area contributed by atoms with Gasteiger partial charge in [0.1, 0.15) is 18.8 Å². The molecule has 4 aliphatic heterocycles. The SMILES string of the molecule is O=C(O[C@H]1C[N+]2(Cc3noc(-c4ccc5c(c4)CCO5)n3)CCC1CC2)[C@H](Nc1ccccc1)c1ccccc1.[Cl-]. The van der Waals surface area contributed by atoms with E-state index in [0.717, 1.165) is 72.6 Å². The third-order valence-corrected chi connectivity index (χ3v) is 8.64. The van der Waals surface area contributed by atoms with Crippen molar-refractivity contribution in [2.45, 2.75) is 38.0 Å². The number of quaternary nitrogens is 1. The van der Waals surface area contributed by atoms with E-state index in [1.807, 2.05) is 72.8 Å². The summed E-state index contributed by atoms with van der Waals surface area (Å²) in [6.07, 6.45) is 2.81. The highest BCUT2D eigenvalue weighted by Crippen LogP contribution is 2.38. The number of hydrogen-bond acceptors (Lipinski definition) is 7. The predicted molar refractivity (Wildman–Crippen MR) is 149 cm³/mol. The summed E-state index contributed by atoms with van der Waals surface area (Å²) in [5.41, 5.74) is 3.87. The van der Waals surface area contributed by atoms with Gasteiger partial charge in [0.05, 0.1) is 19.7 Å². The monoisotopic (exact) mass is 572 g/mol. The van der Waals surface area contributed by atoms with Gasteiger partial charge in [-0.15, -0.1) is 0 Å². The van der Waals surface area contributed by atoms with Crippen molar-refractivity contribution in [2.75, 3.05) is 31.6 Å². The molecule has 3 saturated heterocycles. The van der Waals surface area contributed by atoms with Gasteiger partial charge in [-0.05, 0) is 41.5 Å². The Balaban J connectivity index is 0.00000302. The summed E-state index contributed by atoms with van der Waals surface area (Å²) < 4.78 is 18.4. The number of piperidine rings is 3. The first-order chi connectivity index (χ1) is 19.6. The van der Waals surface area contributed by atoms with Crippen LogP contribution in [0.15, 0.2) is 83.4 Å². The Kier molecular flexibility index (Phi) is 7.69. The number of ether oxygens (including phenoxy) is 2. The minimum Gasteiger partial charge on any atom is -1.00 e. The topological polar surface area (TPSA) is 86.5 Å². The van der Waals surface area contributed by atoms with Crippen molar-refractivity contribution in [3.63, 3.8) is 0 Å². The molecule has 3 fully saturated rings. The molecule has 2 bridgehead atoms. The van der Waals surface area contributed by atoms with Crippen LogP contribution in [0.25, 0.3) is 11.5 Å². The molecule has 0 unspecified atom stereocenters. The number of nitrogens with one attached hydrogen (secondary N) is 1. The molecule has 4 aromatic rings. The lowest BCUT2D eigenvalue weighted by atomic mass is 9.83. The first kappa shape index (κ1) is 27.3. The summed E-state index contributed by atoms with van der Waals surface area (Å²) in [4.78, 5) is 18.4. The van der Waals surface area contributed by atoms with E-state index in [2.05, 4.69) is 16.5 Å². The average molecular weight is 573 g/mol. The molecule has 2 atom stereocenters. The molecule has 41 heavy (non-hydrogen) atoms. The van der Waals surface area contributed by atoms with Crippen molar-refractivity contribution < 1.29 is 35.7 Å². The molecule has 1 aromatic heterocycles. The van der Waals surface area contributed by atoms with Gasteiger partial charge in [-0.1, -0.05) is 53.7 Å². The third kappa shape index (κ3) is 5.67. The van der Waals surface area contributed by atoms with Crippen LogP contribution < -0.4 is 22.5 Å². The fourth-order valence-corrected chi connectivity index (χ4v) is 6.47. The van der Waals surface area contributed by atoms with Crippen LogP contribution in [-0.4, -0.2) is 52.9 Å². The number of anilines is 1. The summed E-state index contributed by atoms with van der Waals surface area (Å²) in [6.45, 7) is 4.22. The molecule has 212 valence electrons. The van der Waals surface area contributed by atoms with Crippen LogP contribution in [0.2, 0.25) is 0 Å². The number of para-hydroxylation sites is 1. The van der Waals surface area contributed by atoms with Crippen LogP contribution in [-0.2, 0) is 22.5 Å². The Morgan fingerprint density at radius 3 is 2.56 bits per heavy atom. The molecule has 9 heteroatoms. The van der Waals surface area contributed by atoms with Crippen molar-refractivity contribution in [2.24, 2.45) is 5.92 Å². The van der Waals surface area contributed by atoms with Gasteiger partial charge in [0.15, 0.2) is 12.1 Å². The molecule has 0 radical (unpaired) electrons. The van der Waals surface area contributed by atoms with Gasteiger partial charge < -0.3 is 36.2 Å². The van der Waals surface area contributed by atoms with Crippen LogP contribution in [0.3, 0.4) is 0 Å².